The van der Waals surface area contributed by atoms with E-state index in [-0.39, 0.29) is 22.2 Å². The molecule has 0 atom stereocenters. The lowest BCUT2D eigenvalue weighted by atomic mass is 10.1. The fourth-order valence-electron chi connectivity index (χ4n) is 2.50. The molecule has 0 aromatic carbocycles. The van der Waals surface area contributed by atoms with E-state index in [9.17, 15) is 13.2 Å². The fraction of sp³-hybridized carbons (Fsp3) is 0.615. The van der Waals surface area contributed by atoms with Gasteiger partial charge in [0.05, 0.1) is 7.11 Å². The molecule has 0 unspecified atom stereocenters. The summed E-state index contributed by atoms with van der Waals surface area (Å²) >= 11 is 1.11. The van der Waals surface area contributed by atoms with Gasteiger partial charge in [0.1, 0.15) is 9.77 Å². The zero-order valence-electron chi connectivity index (χ0n) is 12.8. The molecule has 0 aliphatic carbocycles. The van der Waals surface area contributed by atoms with Gasteiger partial charge in [-0.25, -0.2) is 13.2 Å². The number of methoxy groups -OCH3 is 1. The van der Waals surface area contributed by atoms with Crippen molar-refractivity contribution in [3.63, 3.8) is 0 Å². The van der Waals surface area contributed by atoms with Crippen molar-refractivity contribution >= 4 is 39.7 Å². The van der Waals surface area contributed by atoms with E-state index in [0.717, 1.165) is 24.2 Å². The lowest BCUT2D eigenvalue weighted by molar-refractivity contribution is 0.0602. The van der Waals surface area contributed by atoms with Crippen LogP contribution in [0, 0.1) is 6.92 Å². The monoisotopic (exact) mass is 368 g/mol. The molecule has 0 radical (unpaired) electrons. The SMILES string of the molecule is CNC1CCN(S(=O)(=O)c2c(C)csc2C(=O)OC)CC1.Cl. The number of rotatable bonds is 4. The fourth-order valence-corrected chi connectivity index (χ4v) is 5.63. The Bertz CT molecular complexity index is 622. The summed E-state index contributed by atoms with van der Waals surface area (Å²) in [6.07, 6.45) is 1.54. The van der Waals surface area contributed by atoms with Crippen LogP contribution in [-0.4, -0.2) is 52.0 Å². The van der Waals surface area contributed by atoms with Gasteiger partial charge in [-0.3, -0.25) is 0 Å². The van der Waals surface area contributed by atoms with Gasteiger partial charge in [0.15, 0.2) is 0 Å². The number of sulfonamides is 1. The number of aryl methyl sites for hydroxylation is 1. The van der Waals surface area contributed by atoms with Crippen molar-refractivity contribution < 1.29 is 17.9 Å². The van der Waals surface area contributed by atoms with Crippen molar-refractivity contribution in [1.82, 2.24) is 9.62 Å². The van der Waals surface area contributed by atoms with E-state index < -0.39 is 16.0 Å². The summed E-state index contributed by atoms with van der Waals surface area (Å²) in [5.74, 6) is -0.600. The molecule has 1 aromatic rings. The standard InChI is InChI=1S/C13H20N2O4S2.ClH/c1-9-8-20-11(13(16)19-3)12(9)21(17,18)15-6-4-10(14-2)5-7-15;/h8,10,14H,4-7H2,1-3H3;1H. The van der Waals surface area contributed by atoms with Gasteiger partial charge in [0.2, 0.25) is 10.0 Å². The molecule has 2 rings (SSSR count). The van der Waals surface area contributed by atoms with Gasteiger partial charge >= 0.3 is 5.97 Å². The van der Waals surface area contributed by atoms with Gasteiger partial charge in [-0.2, -0.15) is 4.31 Å². The molecule has 0 bridgehead atoms. The average molecular weight is 369 g/mol. The molecule has 1 N–H and O–H groups in total. The number of hydrogen-bond acceptors (Lipinski definition) is 6. The second kappa shape index (κ2) is 7.74. The zero-order valence-corrected chi connectivity index (χ0v) is 15.2. The lowest BCUT2D eigenvalue weighted by Gasteiger charge is -2.31. The van der Waals surface area contributed by atoms with E-state index in [2.05, 4.69) is 10.1 Å². The summed E-state index contributed by atoms with van der Waals surface area (Å²) in [5, 5.41) is 4.85. The Hall–Kier alpha value is -0.670. The Labute approximate surface area is 141 Å². The van der Waals surface area contributed by atoms with Crippen molar-refractivity contribution in [2.24, 2.45) is 0 Å². The van der Waals surface area contributed by atoms with Gasteiger partial charge < -0.3 is 10.1 Å². The number of esters is 1. The van der Waals surface area contributed by atoms with Gasteiger partial charge in [-0.1, -0.05) is 0 Å². The summed E-state index contributed by atoms with van der Waals surface area (Å²) in [6.45, 7) is 2.63. The molecule has 9 heteroatoms. The van der Waals surface area contributed by atoms with Crippen molar-refractivity contribution in [2.75, 3.05) is 27.2 Å². The van der Waals surface area contributed by atoms with E-state index in [0.29, 0.717) is 24.7 Å². The average Bonchev–Trinajstić information content (AvgIpc) is 2.89. The normalized spacial score (nSPS) is 17.0. The first-order valence-electron chi connectivity index (χ1n) is 6.75. The van der Waals surface area contributed by atoms with E-state index in [1.165, 1.54) is 11.4 Å². The molecule has 1 aliphatic heterocycles. The highest BCUT2D eigenvalue weighted by Gasteiger charge is 2.34. The molecule has 0 spiro atoms. The quantitative estimate of drug-likeness (QED) is 0.817. The number of thiophene rings is 1. The minimum atomic E-state index is -3.65. The van der Waals surface area contributed by atoms with Crippen LogP contribution in [0.3, 0.4) is 0 Å². The van der Waals surface area contributed by atoms with E-state index in [1.807, 2.05) is 7.05 Å². The minimum absolute atomic E-state index is 0. The molecule has 22 heavy (non-hydrogen) atoms. The van der Waals surface area contributed by atoms with E-state index in [4.69, 9.17) is 0 Å². The third-order valence-corrected chi connectivity index (χ3v) is 7.04. The summed E-state index contributed by atoms with van der Waals surface area (Å²) in [7, 11) is -0.513. The van der Waals surface area contributed by atoms with Crippen LogP contribution in [0.5, 0.6) is 0 Å². The van der Waals surface area contributed by atoms with Crippen LogP contribution in [0.2, 0.25) is 0 Å². The number of hydrogen-bond donors (Lipinski definition) is 1. The summed E-state index contributed by atoms with van der Waals surface area (Å²) in [4.78, 5) is 12.0. The maximum atomic E-state index is 12.8. The van der Waals surface area contributed by atoms with Gasteiger partial charge in [0, 0.05) is 19.1 Å². The molecule has 2 heterocycles. The maximum absolute atomic E-state index is 12.8. The molecular formula is C13H21ClN2O4S2. The molecule has 6 nitrogen and oxygen atoms in total. The van der Waals surface area contributed by atoms with Crippen molar-refractivity contribution in [2.45, 2.75) is 30.7 Å². The van der Waals surface area contributed by atoms with Crippen molar-refractivity contribution in [1.29, 1.82) is 0 Å². The first-order chi connectivity index (χ1) is 9.91. The van der Waals surface area contributed by atoms with Crippen LogP contribution in [0.1, 0.15) is 28.1 Å². The predicted molar refractivity (Wildman–Crippen MR) is 88.5 cm³/mol. The largest absolute Gasteiger partial charge is 0.465 e. The highest BCUT2D eigenvalue weighted by Crippen LogP contribution is 2.31. The van der Waals surface area contributed by atoms with Gasteiger partial charge in [-0.05, 0) is 37.8 Å². The smallest absolute Gasteiger partial charge is 0.349 e. The minimum Gasteiger partial charge on any atom is -0.465 e. The topological polar surface area (TPSA) is 75.7 Å². The van der Waals surface area contributed by atoms with Crippen molar-refractivity contribution in [3.05, 3.63) is 15.8 Å². The Morgan fingerprint density at radius 3 is 2.50 bits per heavy atom. The van der Waals surface area contributed by atoms with Crippen LogP contribution in [0.15, 0.2) is 10.3 Å². The molecule has 1 aromatic heterocycles. The van der Waals surface area contributed by atoms with Crippen LogP contribution >= 0.6 is 23.7 Å². The first kappa shape index (κ1) is 19.4. The summed E-state index contributed by atoms with van der Waals surface area (Å²) < 4.78 is 31.8. The first-order valence-corrected chi connectivity index (χ1v) is 9.07. The predicted octanol–water partition coefficient (Wildman–Crippen LogP) is 1.64. The van der Waals surface area contributed by atoms with E-state index >= 15 is 0 Å². The second-order valence-corrected chi connectivity index (χ2v) is 7.79. The third-order valence-electron chi connectivity index (χ3n) is 3.75. The lowest BCUT2D eigenvalue weighted by Crippen LogP contribution is -2.44. The Balaban J connectivity index is 0.00000242. The number of piperidine rings is 1. The Morgan fingerprint density at radius 1 is 1.41 bits per heavy atom. The van der Waals surface area contributed by atoms with Crippen molar-refractivity contribution in [3.8, 4) is 0 Å². The second-order valence-electron chi connectivity index (χ2n) is 5.04. The van der Waals surface area contributed by atoms with Gasteiger partial charge in [-0.15, -0.1) is 23.7 Å². The Morgan fingerprint density at radius 2 is 2.00 bits per heavy atom. The van der Waals surface area contributed by atoms with Crippen LogP contribution < -0.4 is 5.32 Å². The van der Waals surface area contributed by atoms with Crippen LogP contribution in [-0.2, 0) is 14.8 Å². The summed E-state index contributed by atoms with van der Waals surface area (Å²) in [6, 6.07) is 0.347. The van der Waals surface area contributed by atoms with E-state index in [1.54, 1.807) is 12.3 Å². The molecule has 0 amide bonds. The number of carbonyl (C=O) groups is 1. The number of carbonyl (C=O) groups excluding carboxylic acids is 1. The molecule has 0 saturated carbocycles. The zero-order chi connectivity index (χ0) is 15.6. The molecule has 1 fully saturated rings. The number of halogens is 1. The molecule has 1 aliphatic rings. The van der Waals surface area contributed by atoms with Gasteiger partial charge in [0.25, 0.3) is 0 Å². The molecular weight excluding hydrogens is 348 g/mol. The third kappa shape index (κ3) is 3.62. The maximum Gasteiger partial charge on any atom is 0.349 e. The number of ether oxygens (including phenoxy) is 1. The molecule has 126 valence electrons. The Kier molecular flexibility index (Phi) is 6.82. The van der Waals surface area contributed by atoms with Crippen LogP contribution in [0.25, 0.3) is 0 Å². The highest BCUT2D eigenvalue weighted by atomic mass is 35.5. The number of nitrogens with one attached hydrogen (secondary N) is 1. The molecule has 1 saturated heterocycles. The highest BCUT2D eigenvalue weighted by molar-refractivity contribution is 7.89. The number of nitrogens with zero attached hydrogens (tertiary/aromatic N) is 1. The summed E-state index contributed by atoms with van der Waals surface area (Å²) in [5.41, 5.74) is 0.594. The van der Waals surface area contributed by atoms with Crippen LogP contribution in [0.4, 0.5) is 0 Å².